The molecule has 0 radical (unpaired) electrons. The normalized spacial score (nSPS) is 37.8. The van der Waals surface area contributed by atoms with Crippen molar-refractivity contribution in [2.24, 2.45) is 0 Å². The molecule has 2 saturated heterocycles. The number of rotatable bonds is 4. The summed E-state index contributed by atoms with van der Waals surface area (Å²) in [6.07, 6.45) is 0.483. The summed E-state index contributed by atoms with van der Waals surface area (Å²) >= 11 is 0. The molecule has 2 bridgehead atoms. The molecule has 0 saturated carbocycles. The second kappa shape index (κ2) is 21.1. The third-order valence-electron chi connectivity index (χ3n) is 8.76. The first-order chi connectivity index (χ1) is 23.0. The zero-order valence-electron chi connectivity index (χ0n) is 28.5. The fraction of sp³-hybridized carbons (Fsp3) is 0.853. The van der Waals surface area contributed by atoms with Crippen molar-refractivity contribution in [2.75, 3.05) is 13.2 Å². The van der Waals surface area contributed by atoms with Crippen LogP contribution in [0.3, 0.4) is 0 Å². The Hall–Kier alpha value is -2.17. The molecule has 14 heteroatoms. The van der Waals surface area contributed by atoms with E-state index in [9.17, 15) is 34.8 Å². The van der Waals surface area contributed by atoms with Crippen molar-refractivity contribution in [2.45, 2.75) is 172 Å². The average Bonchev–Trinajstić information content (AvgIpc) is 3.03. The van der Waals surface area contributed by atoms with Gasteiger partial charge >= 0.3 is 17.9 Å². The van der Waals surface area contributed by atoms with Crippen LogP contribution in [0.4, 0.5) is 0 Å². The molecule has 0 amide bonds. The molecule has 0 aliphatic carbocycles. The Morgan fingerprint density at radius 1 is 0.667 bits per heavy atom. The predicted molar refractivity (Wildman–Crippen MR) is 169 cm³/mol. The van der Waals surface area contributed by atoms with E-state index in [4.69, 9.17) is 33.2 Å². The van der Waals surface area contributed by atoms with Gasteiger partial charge in [0.2, 0.25) is 0 Å². The Morgan fingerprint density at radius 2 is 1.21 bits per heavy atom. The quantitative estimate of drug-likeness (QED) is 0.191. The van der Waals surface area contributed by atoms with Crippen LogP contribution in [0, 0.1) is 0 Å². The van der Waals surface area contributed by atoms with Gasteiger partial charge in [0, 0.05) is 20.3 Å². The molecule has 0 aromatic rings. The lowest BCUT2D eigenvalue weighted by atomic mass is 9.97. The van der Waals surface area contributed by atoms with E-state index >= 15 is 0 Å². The van der Waals surface area contributed by atoms with E-state index in [0.717, 1.165) is 64.2 Å². The molecular formula is C34H56O14. The molecule has 0 spiro atoms. The lowest BCUT2D eigenvalue weighted by Gasteiger charge is -2.47. The van der Waals surface area contributed by atoms with Crippen LogP contribution in [-0.4, -0.2) is 119 Å². The van der Waals surface area contributed by atoms with Crippen LogP contribution in [0.1, 0.15) is 104 Å². The Kier molecular flexibility index (Phi) is 17.7. The second-order valence-corrected chi connectivity index (χ2v) is 12.9. The summed E-state index contributed by atoms with van der Waals surface area (Å²) in [4.78, 5) is 35.8. The minimum absolute atomic E-state index is 0.0919. The molecule has 7 unspecified atom stereocenters. The van der Waals surface area contributed by atoms with Gasteiger partial charge in [-0.25, -0.2) is 0 Å². The maximum absolute atomic E-state index is 12.7. The summed E-state index contributed by atoms with van der Waals surface area (Å²) in [6, 6.07) is 0. The van der Waals surface area contributed by atoms with Gasteiger partial charge in [-0.15, -0.1) is 0 Å². The van der Waals surface area contributed by atoms with Crippen molar-refractivity contribution in [1.29, 1.82) is 0 Å². The van der Waals surface area contributed by atoms with Gasteiger partial charge in [0.05, 0.1) is 6.10 Å². The number of ether oxygens (including phenoxy) is 7. The van der Waals surface area contributed by atoms with Gasteiger partial charge < -0.3 is 53.6 Å². The second-order valence-electron chi connectivity index (χ2n) is 12.9. The molecule has 2 fully saturated rings. The molecule has 14 nitrogen and oxygen atoms in total. The van der Waals surface area contributed by atoms with Crippen LogP contribution in [0.15, 0.2) is 12.2 Å². The number of hydrogen-bond acceptors (Lipinski definition) is 14. The minimum atomic E-state index is -1.79. The van der Waals surface area contributed by atoms with E-state index < -0.39 is 85.9 Å². The summed E-state index contributed by atoms with van der Waals surface area (Å²) in [5.41, 5.74) is 0. The molecule has 4 heterocycles. The highest BCUT2D eigenvalue weighted by Crippen LogP contribution is 2.32. The molecule has 4 rings (SSSR count). The van der Waals surface area contributed by atoms with Gasteiger partial charge in [0.25, 0.3) is 0 Å². The summed E-state index contributed by atoms with van der Waals surface area (Å²) < 4.78 is 39.6. The molecule has 4 aliphatic rings. The third kappa shape index (κ3) is 13.3. The molecule has 4 N–H and O–H groups in total. The molecule has 4 aliphatic heterocycles. The Balaban J connectivity index is 1.81. The lowest BCUT2D eigenvalue weighted by Crippen LogP contribution is -2.65. The fourth-order valence-corrected chi connectivity index (χ4v) is 6.00. The first kappa shape index (κ1) is 40.3. The van der Waals surface area contributed by atoms with E-state index in [0.29, 0.717) is 12.8 Å². The van der Waals surface area contributed by atoms with Gasteiger partial charge in [-0.1, -0.05) is 50.7 Å². The Bertz CT molecular complexity index is 1010. The van der Waals surface area contributed by atoms with Crippen molar-refractivity contribution in [3.05, 3.63) is 12.2 Å². The van der Waals surface area contributed by atoms with Gasteiger partial charge in [0.1, 0.15) is 55.9 Å². The highest BCUT2D eigenvalue weighted by Gasteiger charge is 2.53. The monoisotopic (exact) mass is 688 g/mol. The number of carbonyl (C=O) groups excluding carboxylic acids is 3. The Morgan fingerprint density at radius 3 is 1.85 bits per heavy atom. The van der Waals surface area contributed by atoms with Crippen molar-refractivity contribution < 1.29 is 68.0 Å². The SMILES string of the molecule is CC(=O)OCC1O[C@H]2OC(C)CCCCCC/C=C\CCCCCCCC(=O)O[C@@H]3C(COC(C)=O)O[C@@H](OC2C(O)[C@@H]1O)C(O)C3O. The van der Waals surface area contributed by atoms with E-state index in [1.54, 1.807) is 0 Å². The standard InChI is InChI=1S/C34H56O14/c1-21-17-15-13-11-9-7-5-4-6-8-10-12-14-16-18-26(37)47-31-25(20-43-23(3)36)46-33(30(41)29(31)40)48-32-28(39)27(38)24(19-42-22(2)35)45-34(32)44-21/h4-5,21,24-25,27-34,38-41H,6-20H2,1-3H3/b5-4-/t21?,24?,25?,27-,28?,29?,30?,31-,32?,33+,34-/m1/s1. The van der Waals surface area contributed by atoms with Gasteiger partial charge in [-0.05, 0) is 45.4 Å². The number of fused-ring (bicyclic) bond motifs is 19. The molecule has 276 valence electrons. The molecule has 0 aromatic heterocycles. The van der Waals surface area contributed by atoms with Gasteiger partial charge in [-0.3, -0.25) is 14.4 Å². The summed E-state index contributed by atoms with van der Waals surface area (Å²) in [7, 11) is 0. The molecule has 0 aromatic carbocycles. The van der Waals surface area contributed by atoms with E-state index in [2.05, 4.69) is 12.2 Å². The number of aliphatic hydroxyl groups is 4. The summed E-state index contributed by atoms with van der Waals surface area (Å²) in [5, 5.41) is 44.2. The fourth-order valence-electron chi connectivity index (χ4n) is 6.00. The molecule has 11 atom stereocenters. The lowest BCUT2D eigenvalue weighted by molar-refractivity contribution is -0.371. The highest BCUT2D eigenvalue weighted by molar-refractivity contribution is 5.69. The van der Waals surface area contributed by atoms with Crippen molar-refractivity contribution in [1.82, 2.24) is 0 Å². The van der Waals surface area contributed by atoms with Crippen LogP contribution < -0.4 is 0 Å². The highest BCUT2D eigenvalue weighted by atomic mass is 16.8. The van der Waals surface area contributed by atoms with Crippen molar-refractivity contribution in [3.8, 4) is 0 Å². The third-order valence-corrected chi connectivity index (χ3v) is 8.76. The van der Waals surface area contributed by atoms with Crippen molar-refractivity contribution in [3.63, 3.8) is 0 Å². The zero-order chi connectivity index (χ0) is 35.1. The topological polar surface area (TPSA) is 197 Å². The van der Waals surface area contributed by atoms with E-state index in [1.165, 1.54) is 13.8 Å². The number of carbonyl (C=O) groups is 3. The number of esters is 3. The maximum Gasteiger partial charge on any atom is 0.306 e. The van der Waals surface area contributed by atoms with Gasteiger partial charge in [-0.2, -0.15) is 0 Å². The average molecular weight is 689 g/mol. The van der Waals surface area contributed by atoms with E-state index in [-0.39, 0.29) is 19.1 Å². The van der Waals surface area contributed by atoms with Crippen LogP contribution in [0.5, 0.6) is 0 Å². The van der Waals surface area contributed by atoms with Gasteiger partial charge in [0.15, 0.2) is 18.7 Å². The largest absolute Gasteiger partial charge is 0.463 e. The first-order valence-electron chi connectivity index (χ1n) is 17.4. The summed E-state index contributed by atoms with van der Waals surface area (Å²) in [5.74, 6) is -1.86. The van der Waals surface area contributed by atoms with Crippen molar-refractivity contribution >= 4 is 17.9 Å². The van der Waals surface area contributed by atoms with Crippen LogP contribution >= 0.6 is 0 Å². The minimum Gasteiger partial charge on any atom is -0.463 e. The van der Waals surface area contributed by atoms with Crippen LogP contribution in [0.25, 0.3) is 0 Å². The summed E-state index contributed by atoms with van der Waals surface area (Å²) in [6.45, 7) is 3.42. The maximum atomic E-state index is 12.7. The van der Waals surface area contributed by atoms with E-state index in [1.807, 2.05) is 6.92 Å². The Labute approximate surface area is 283 Å². The molecule has 48 heavy (non-hydrogen) atoms. The number of allylic oxidation sites excluding steroid dienone is 2. The number of aliphatic hydroxyl groups excluding tert-OH is 4. The number of hydrogen-bond donors (Lipinski definition) is 4. The zero-order valence-corrected chi connectivity index (χ0v) is 28.5. The predicted octanol–water partition coefficient (Wildman–Crippen LogP) is 2.35. The molecular weight excluding hydrogens is 632 g/mol. The van der Waals surface area contributed by atoms with Crippen LogP contribution in [0.2, 0.25) is 0 Å². The first-order valence-corrected chi connectivity index (χ1v) is 17.4. The van der Waals surface area contributed by atoms with Crippen LogP contribution in [-0.2, 0) is 47.5 Å². The smallest absolute Gasteiger partial charge is 0.306 e.